The molecule has 2 heterocycles. The van der Waals surface area contributed by atoms with Crippen molar-refractivity contribution in [2.75, 3.05) is 0 Å². The molecule has 0 amide bonds. The van der Waals surface area contributed by atoms with Crippen LogP contribution in [0.1, 0.15) is 5.56 Å². The van der Waals surface area contributed by atoms with E-state index >= 15 is 0 Å². The van der Waals surface area contributed by atoms with Crippen molar-refractivity contribution in [2.45, 2.75) is 0 Å². The minimum atomic E-state index is -2.91. The summed E-state index contributed by atoms with van der Waals surface area (Å²) in [6, 6.07) is 6.71. The number of hydrogen-bond acceptors (Lipinski definition) is 4. The Hall–Kier alpha value is -1.76. The highest BCUT2D eigenvalue weighted by Crippen LogP contribution is 2.14. The predicted octanol–water partition coefficient (Wildman–Crippen LogP) is 3.16. The van der Waals surface area contributed by atoms with Gasteiger partial charge in [-0.3, -0.25) is 0 Å². The van der Waals surface area contributed by atoms with Crippen LogP contribution in [-0.4, -0.2) is 18.4 Å². The molecule has 0 saturated heterocycles. The van der Waals surface area contributed by atoms with E-state index in [-0.39, 0.29) is 5.90 Å². The summed E-state index contributed by atoms with van der Waals surface area (Å²) < 4.78 is 28.9. The van der Waals surface area contributed by atoms with Gasteiger partial charge in [0, 0.05) is 17.1 Å². The number of pyridine rings is 1. The number of hydrogen-bond donors (Lipinski definition) is 0. The second-order valence-electron chi connectivity index (χ2n) is 3.00. The van der Waals surface area contributed by atoms with E-state index < -0.39 is 7.47 Å². The lowest BCUT2D eigenvalue weighted by molar-refractivity contribution is 0.420. The minimum absolute atomic E-state index is 0.125. The quantitative estimate of drug-likeness (QED) is 0.477. The molecule has 0 aliphatic carbocycles. The second kappa shape index (κ2) is 5.54. The lowest BCUT2D eigenvalue weighted by Gasteiger charge is -2.04. The van der Waals surface area contributed by atoms with Crippen molar-refractivity contribution < 1.29 is 13.3 Å². The van der Waals surface area contributed by atoms with Crippen LogP contribution in [-0.2, 0) is 4.65 Å². The molecule has 0 aromatic carbocycles. The molecule has 2 aromatic rings. The molecule has 0 radical (unpaired) electrons. The zero-order chi connectivity index (χ0) is 12.1. The summed E-state index contributed by atoms with van der Waals surface area (Å²) in [5.74, 6) is 0.203. The topological polar surface area (TPSA) is 34.5 Å². The lowest BCUT2D eigenvalue weighted by atomic mass is 10.3. The molecule has 0 aliphatic rings. The number of rotatable bonds is 3. The van der Waals surface area contributed by atoms with Crippen LogP contribution in [0.2, 0.25) is 0 Å². The fourth-order valence-corrected chi connectivity index (χ4v) is 1.78. The molecule has 7 heteroatoms. The van der Waals surface area contributed by atoms with Crippen molar-refractivity contribution in [1.82, 2.24) is 4.98 Å². The van der Waals surface area contributed by atoms with Crippen molar-refractivity contribution in [3.05, 3.63) is 46.8 Å². The molecule has 0 saturated carbocycles. The van der Waals surface area contributed by atoms with Gasteiger partial charge in [0.2, 0.25) is 5.90 Å². The van der Waals surface area contributed by atoms with Gasteiger partial charge in [-0.2, -0.15) is 16.3 Å². The van der Waals surface area contributed by atoms with E-state index in [9.17, 15) is 8.63 Å². The van der Waals surface area contributed by atoms with Gasteiger partial charge in [0.05, 0.1) is 0 Å². The van der Waals surface area contributed by atoms with Gasteiger partial charge in [-0.05, 0) is 23.6 Å². The largest absolute Gasteiger partial charge is 0.797 e. The zero-order valence-electron chi connectivity index (χ0n) is 8.59. The predicted molar refractivity (Wildman–Crippen MR) is 63.8 cm³/mol. The maximum atomic E-state index is 12.3. The van der Waals surface area contributed by atoms with Crippen molar-refractivity contribution in [2.24, 2.45) is 4.99 Å². The third-order valence-electron chi connectivity index (χ3n) is 1.83. The summed E-state index contributed by atoms with van der Waals surface area (Å²) >= 11 is 1.38. The molecule has 2 aromatic heterocycles. The fourth-order valence-electron chi connectivity index (χ4n) is 1.15. The summed E-state index contributed by atoms with van der Waals surface area (Å²) in [5.41, 5.74) is 0.515. The Morgan fingerprint density at radius 3 is 2.82 bits per heavy atom. The molecule has 0 fully saturated rings. The summed E-state index contributed by atoms with van der Waals surface area (Å²) in [6.45, 7) is 0. The van der Waals surface area contributed by atoms with Gasteiger partial charge in [0.1, 0.15) is 0 Å². The van der Waals surface area contributed by atoms with Gasteiger partial charge >= 0.3 is 7.47 Å². The smallest absolute Gasteiger partial charge is 0.490 e. The molecule has 0 spiro atoms. The van der Waals surface area contributed by atoms with E-state index in [0.717, 1.165) is 0 Å². The highest BCUT2D eigenvalue weighted by molar-refractivity contribution is 7.08. The second-order valence-corrected chi connectivity index (χ2v) is 3.78. The highest BCUT2D eigenvalue weighted by Gasteiger charge is 2.21. The first kappa shape index (κ1) is 11.7. The Morgan fingerprint density at radius 2 is 2.24 bits per heavy atom. The minimum Gasteiger partial charge on any atom is -0.490 e. The maximum absolute atomic E-state index is 12.3. The van der Waals surface area contributed by atoms with E-state index in [1.54, 1.807) is 35.0 Å². The summed E-state index contributed by atoms with van der Waals surface area (Å²) in [5, 5.41) is 3.45. The van der Waals surface area contributed by atoms with Gasteiger partial charge in [-0.15, -0.1) is 0 Å². The summed E-state index contributed by atoms with van der Waals surface area (Å²) in [6.07, 6.45) is 1.53. The van der Waals surface area contributed by atoms with Crippen LogP contribution in [0.25, 0.3) is 0 Å². The van der Waals surface area contributed by atoms with E-state index in [0.29, 0.717) is 11.4 Å². The van der Waals surface area contributed by atoms with Gasteiger partial charge in [-0.1, -0.05) is 6.07 Å². The average molecular weight is 252 g/mol. The van der Waals surface area contributed by atoms with Gasteiger partial charge < -0.3 is 4.65 Å². The molecular weight excluding hydrogens is 245 g/mol. The van der Waals surface area contributed by atoms with Crippen LogP contribution in [0, 0.1) is 0 Å². The number of thiophene rings is 1. The summed E-state index contributed by atoms with van der Waals surface area (Å²) in [4.78, 5) is 7.88. The highest BCUT2D eigenvalue weighted by atomic mass is 32.1. The molecular formula is C10H7BF2N2OS. The zero-order valence-corrected chi connectivity index (χ0v) is 9.40. The normalized spacial score (nSPS) is 11.3. The fraction of sp³-hybridized carbons (Fsp3) is 0. The summed E-state index contributed by atoms with van der Waals surface area (Å²) in [7, 11) is -2.91. The third-order valence-corrected chi connectivity index (χ3v) is 2.52. The Bertz CT molecular complexity index is 490. The lowest BCUT2D eigenvalue weighted by Crippen LogP contribution is -2.13. The number of aliphatic imine (C=N–C) groups is 1. The van der Waals surface area contributed by atoms with Crippen molar-refractivity contribution in [3.8, 4) is 0 Å². The average Bonchev–Trinajstić information content (AvgIpc) is 2.82. The van der Waals surface area contributed by atoms with Crippen LogP contribution in [0.15, 0.2) is 46.2 Å². The van der Waals surface area contributed by atoms with Crippen molar-refractivity contribution in [3.63, 3.8) is 0 Å². The third kappa shape index (κ3) is 3.35. The molecule has 2 rings (SSSR count). The van der Waals surface area contributed by atoms with E-state index in [1.165, 1.54) is 17.5 Å². The van der Waals surface area contributed by atoms with Crippen LogP contribution in [0.4, 0.5) is 14.4 Å². The first-order valence-electron chi connectivity index (χ1n) is 4.73. The standard InChI is InChI=1S/C10H7BF2N2OS/c12-11(13)16-10(8-4-6-17-7-8)15-9-3-1-2-5-14-9/h1-7H/b15-10+. The number of aromatic nitrogens is 1. The first-order valence-corrected chi connectivity index (χ1v) is 5.67. The van der Waals surface area contributed by atoms with E-state index in [1.807, 2.05) is 0 Å². The van der Waals surface area contributed by atoms with E-state index in [2.05, 4.69) is 14.6 Å². The van der Waals surface area contributed by atoms with Crippen molar-refractivity contribution >= 4 is 30.5 Å². The van der Waals surface area contributed by atoms with E-state index in [4.69, 9.17) is 0 Å². The number of halogens is 2. The Kier molecular flexibility index (Phi) is 3.82. The molecule has 0 N–H and O–H groups in total. The molecule has 17 heavy (non-hydrogen) atoms. The molecule has 3 nitrogen and oxygen atoms in total. The Morgan fingerprint density at radius 1 is 1.35 bits per heavy atom. The first-order chi connectivity index (χ1) is 8.25. The SMILES string of the molecule is FB(F)O/C(=N/c1ccccn1)c1ccsc1. The Labute approximate surface area is 101 Å². The molecule has 86 valence electrons. The van der Waals surface area contributed by atoms with Gasteiger partial charge in [-0.25, -0.2) is 13.6 Å². The molecule has 0 aliphatic heterocycles. The van der Waals surface area contributed by atoms with Crippen LogP contribution in [0.5, 0.6) is 0 Å². The van der Waals surface area contributed by atoms with Gasteiger partial charge in [0.25, 0.3) is 0 Å². The molecule has 0 unspecified atom stereocenters. The van der Waals surface area contributed by atoms with Crippen LogP contribution < -0.4 is 0 Å². The monoisotopic (exact) mass is 252 g/mol. The van der Waals surface area contributed by atoms with Gasteiger partial charge in [0.15, 0.2) is 5.82 Å². The molecule has 0 atom stereocenters. The Balaban J connectivity index is 2.31. The maximum Gasteiger partial charge on any atom is 0.797 e. The van der Waals surface area contributed by atoms with Crippen LogP contribution in [0.3, 0.4) is 0 Å². The van der Waals surface area contributed by atoms with Crippen molar-refractivity contribution in [1.29, 1.82) is 0 Å². The number of nitrogens with zero attached hydrogens (tertiary/aromatic N) is 2. The van der Waals surface area contributed by atoms with Crippen LogP contribution >= 0.6 is 11.3 Å². The molecule has 0 bridgehead atoms.